The molecule has 0 saturated carbocycles. The monoisotopic (exact) mass is 487 g/mol. The number of ether oxygens (including phenoxy) is 3. The smallest absolute Gasteiger partial charge is 0.166 e. The van der Waals surface area contributed by atoms with Gasteiger partial charge in [-0.05, 0) is 53.4 Å². The second-order valence-corrected chi connectivity index (χ2v) is 8.93. The molecule has 0 radical (unpaired) electrons. The van der Waals surface area contributed by atoms with Gasteiger partial charge >= 0.3 is 0 Å². The number of hydrogen-bond acceptors (Lipinski definition) is 5. The molecule has 0 spiro atoms. The Morgan fingerprint density at radius 1 is 0.970 bits per heavy atom. The molecule has 0 aromatic heterocycles. The molecule has 4 rings (SSSR count). The van der Waals surface area contributed by atoms with Gasteiger partial charge in [-0.1, -0.05) is 23.7 Å². The van der Waals surface area contributed by atoms with Crippen LogP contribution in [0.3, 0.4) is 0 Å². The van der Waals surface area contributed by atoms with Crippen LogP contribution >= 0.6 is 23.2 Å². The molecule has 1 N–H and O–H groups in total. The molecule has 5 nitrogen and oxygen atoms in total. The van der Waals surface area contributed by atoms with Crippen LogP contribution in [-0.4, -0.2) is 43.4 Å². The molecule has 33 heavy (non-hydrogen) atoms. The molecule has 1 aliphatic heterocycles. The van der Waals surface area contributed by atoms with Gasteiger partial charge in [0.25, 0.3) is 0 Å². The molecular formula is C26H27Cl2NO4. The first-order valence-corrected chi connectivity index (χ1v) is 11.5. The van der Waals surface area contributed by atoms with E-state index in [0.29, 0.717) is 40.8 Å². The van der Waals surface area contributed by atoms with E-state index in [1.54, 1.807) is 21.3 Å². The summed E-state index contributed by atoms with van der Waals surface area (Å²) in [6.45, 7) is 1.40. The van der Waals surface area contributed by atoms with Gasteiger partial charge in [0.05, 0.1) is 26.8 Å². The topological polar surface area (TPSA) is 51.2 Å². The maximum absolute atomic E-state index is 11.2. The Balaban J connectivity index is 1.72. The Kier molecular flexibility index (Phi) is 7.23. The van der Waals surface area contributed by atoms with E-state index in [2.05, 4.69) is 4.90 Å². The molecule has 174 valence electrons. The minimum atomic E-state index is -0.200. The zero-order chi connectivity index (χ0) is 23.5. The molecule has 0 bridgehead atoms. The van der Waals surface area contributed by atoms with Crippen molar-refractivity contribution < 1.29 is 19.3 Å². The van der Waals surface area contributed by atoms with Gasteiger partial charge in [0, 0.05) is 41.7 Å². The van der Waals surface area contributed by atoms with Gasteiger partial charge in [0.1, 0.15) is 11.5 Å². The van der Waals surface area contributed by atoms with E-state index in [1.807, 2.05) is 48.5 Å². The minimum Gasteiger partial charge on any atom is -0.504 e. The predicted octanol–water partition coefficient (Wildman–Crippen LogP) is 5.90. The first-order chi connectivity index (χ1) is 15.9. The summed E-state index contributed by atoms with van der Waals surface area (Å²) in [5, 5.41) is 11.9. The van der Waals surface area contributed by atoms with E-state index in [1.165, 1.54) is 0 Å². The van der Waals surface area contributed by atoms with Gasteiger partial charge in [0.2, 0.25) is 0 Å². The second-order valence-electron chi connectivity index (χ2n) is 7.99. The van der Waals surface area contributed by atoms with Crippen LogP contribution in [-0.2, 0) is 19.4 Å². The second kappa shape index (κ2) is 10.1. The number of fused-ring (bicyclic) bond motifs is 1. The fourth-order valence-corrected chi connectivity index (χ4v) is 4.80. The lowest BCUT2D eigenvalue weighted by atomic mass is 9.89. The Bertz CT molecular complexity index is 1130. The molecule has 1 atom stereocenters. The summed E-state index contributed by atoms with van der Waals surface area (Å²) in [5.41, 5.74) is 4.54. The van der Waals surface area contributed by atoms with Gasteiger partial charge in [-0.25, -0.2) is 0 Å². The van der Waals surface area contributed by atoms with E-state index in [4.69, 9.17) is 37.4 Å². The highest BCUT2D eigenvalue weighted by atomic mass is 35.5. The third kappa shape index (κ3) is 4.86. The van der Waals surface area contributed by atoms with E-state index in [0.717, 1.165) is 35.2 Å². The normalized spacial score (nSPS) is 14.5. The van der Waals surface area contributed by atoms with Gasteiger partial charge in [-0.15, -0.1) is 11.6 Å². The maximum Gasteiger partial charge on any atom is 0.166 e. The molecular weight excluding hydrogens is 461 g/mol. The summed E-state index contributed by atoms with van der Waals surface area (Å²) < 4.78 is 16.5. The first-order valence-electron chi connectivity index (χ1n) is 10.7. The van der Waals surface area contributed by atoms with E-state index >= 15 is 0 Å². The molecule has 3 aromatic carbocycles. The number of methoxy groups -OCH3 is 3. The van der Waals surface area contributed by atoms with Gasteiger partial charge < -0.3 is 19.3 Å². The number of nitrogens with zero attached hydrogens (tertiary/aromatic N) is 1. The summed E-state index contributed by atoms with van der Waals surface area (Å²) in [7, 11) is 4.78. The van der Waals surface area contributed by atoms with Crippen molar-refractivity contribution in [3.63, 3.8) is 0 Å². The van der Waals surface area contributed by atoms with Crippen molar-refractivity contribution >= 4 is 23.2 Å². The highest BCUT2D eigenvalue weighted by molar-refractivity contribution is 6.30. The fourth-order valence-electron chi connectivity index (χ4n) is 4.32. The Morgan fingerprint density at radius 3 is 2.36 bits per heavy atom. The largest absolute Gasteiger partial charge is 0.504 e. The Hall–Kier alpha value is -2.60. The van der Waals surface area contributed by atoms with Crippen molar-refractivity contribution in [1.29, 1.82) is 0 Å². The van der Waals surface area contributed by atoms with Crippen molar-refractivity contribution in [2.24, 2.45) is 0 Å². The van der Waals surface area contributed by atoms with Gasteiger partial charge in [-0.3, -0.25) is 4.90 Å². The SMILES string of the molecule is COc1ccc(-c2c(O)c(OC)cc3c2CN(C(Cl)Cc2ccc(Cl)cc2)CC3)c(OC)c1. The van der Waals surface area contributed by atoms with Crippen LogP contribution in [0.5, 0.6) is 23.0 Å². The summed E-state index contributed by atoms with van der Waals surface area (Å²) in [4.78, 5) is 2.23. The number of benzene rings is 3. The standard InChI is InChI=1S/C26H27Cl2NO4/c1-31-19-8-9-20(22(14-19)32-2)25-21-15-29(11-10-17(21)13-23(33-3)26(25)30)24(28)12-16-4-6-18(27)7-5-16/h4-9,13-14,24,30H,10-12,15H2,1-3H3. The minimum absolute atomic E-state index is 0.0883. The molecule has 0 amide bonds. The molecule has 3 aromatic rings. The fraction of sp³-hybridized carbons (Fsp3) is 0.308. The molecule has 1 heterocycles. The molecule has 1 aliphatic rings. The van der Waals surface area contributed by atoms with Crippen molar-refractivity contribution in [3.8, 4) is 34.1 Å². The number of rotatable bonds is 7. The zero-order valence-corrected chi connectivity index (χ0v) is 20.4. The third-order valence-corrected chi connectivity index (χ3v) is 6.79. The summed E-state index contributed by atoms with van der Waals surface area (Å²) in [5.74, 6) is 1.82. The molecule has 0 fully saturated rings. The van der Waals surface area contributed by atoms with E-state index in [9.17, 15) is 5.11 Å². The molecule has 7 heteroatoms. The number of aromatic hydroxyl groups is 1. The number of phenolic OH excluding ortho intramolecular Hbond substituents is 1. The van der Waals surface area contributed by atoms with Crippen molar-refractivity contribution in [3.05, 3.63) is 70.2 Å². The molecule has 0 saturated heterocycles. The van der Waals surface area contributed by atoms with Crippen molar-refractivity contribution in [2.75, 3.05) is 27.9 Å². The lowest BCUT2D eigenvalue weighted by molar-refractivity contribution is 0.230. The van der Waals surface area contributed by atoms with Crippen molar-refractivity contribution in [1.82, 2.24) is 4.90 Å². The number of phenols is 1. The lowest BCUT2D eigenvalue weighted by Gasteiger charge is -2.34. The van der Waals surface area contributed by atoms with Crippen LogP contribution in [0.15, 0.2) is 48.5 Å². The average molecular weight is 488 g/mol. The summed E-state index contributed by atoms with van der Waals surface area (Å²) in [6.07, 6.45) is 1.48. The Morgan fingerprint density at radius 2 is 1.70 bits per heavy atom. The van der Waals surface area contributed by atoms with Gasteiger partial charge in [0.15, 0.2) is 11.5 Å². The van der Waals surface area contributed by atoms with Gasteiger partial charge in [-0.2, -0.15) is 0 Å². The van der Waals surface area contributed by atoms with Crippen LogP contribution in [0.4, 0.5) is 0 Å². The zero-order valence-electron chi connectivity index (χ0n) is 18.9. The highest BCUT2D eigenvalue weighted by Gasteiger charge is 2.29. The van der Waals surface area contributed by atoms with Crippen LogP contribution in [0.25, 0.3) is 11.1 Å². The first kappa shape index (κ1) is 23.6. The van der Waals surface area contributed by atoms with Crippen LogP contribution in [0, 0.1) is 0 Å². The maximum atomic E-state index is 11.2. The van der Waals surface area contributed by atoms with Crippen LogP contribution in [0.2, 0.25) is 5.02 Å². The average Bonchev–Trinajstić information content (AvgIpc) is 2.84. The quantitative estimate of drug-likeness (QED) is 0.331. The summed E-state index contributed by atoms with van der Waals surface area (Å²) in [6, 6.07) is 15.2. The predicted molar refractivity (Wildman–Crippen MR) is 132 cm³/mol. The summed E-state index contributed by atoms with van der Waals surface area (Å²) >= 11 is 12.9. The van der Waals surface area contributed by atoms with E-state index < -0.39 is 0 Å². The van der Waals surface area contributed by atoms with Crippen molar-refractivity contribution in [2.45, 2.75) is 24.9 Å². The third-order valence-electron chi connectivity index (χ3n) is 6.11. The molecule has 1 unspecified atom stereocenters. The van der Waals surface area contributed by atoms with Crippen LogP contribution < -0.4 is 14.2 Å². The highest BCUT2D eigenvalue weighted by Crippen LogP contribution is 2.47. The number of hydrogen-bond donors (Lipinski definition) is 1. The number of halogens is 2. The Labute approximate surface area is 204 Å². The number of alkyl halides is 1. The van der Waals surface area contributed by atoms with Crippen LogP contribution in [0.1, 0.15) is 16.7 Å². The van der Waals surface area contributed by atoms with E-state index in [-0.39, 0.29) is 11.3 Å². The molecule has 0 aliphatic carbocycles. The lowest BCUT2D eigenvalue weighted by Crippen LogP contribution is -2.37.